The molecule has 1 aromatic carbocycles. The number of nitrogens with zero attached hydrogens (tertiary/aromatic N) is 1. The number of pyridine rings is 1. The molecule has 8 heteroatoms. The van der Waals surface area contributed by atoms with Crippen LogP contribution in [-0.4, -0.2) is 30.7 Å². The summed E-state index contributed by atoms with van der Waals surface area (Å²) in [6, 6.07) is 11.1. The van der Waals surface area contributed by atoms with Crippen LogP contribution in [0.1, 0.15) is 5.56 Å². The van der Waals surface area contributed by atoms with Crippen molar-refractivity contribution in [1.29, 1.82) is 0 Å². The molecule has 0 aliphatic rings. The molecule has 6 nitrogen and oxygen atoms in total. The molecule has 1 heterocycles. The van der Waals surface area contributed by atoms with Gasteiger partial charge in [0.05, 0.1) is 18.4 Å². The van der Waals surface area contributed by atoms with Crippen molar-refractivity contribution in [2.24, 2.45) is 0 Å². The molecule has 124 valence electrons. The first-order valence-electron chi connectivity index (χ1n) is 6.91. The molecular formula is C15H17ClN2O4S. The Kier molecular flexibility index (Phi) is 5.95. The van der Waals surface area contributed by atoms with Crippen molar-refractivity contribution in [3.8, 4) is 0 Å². The van der Waals surface area contributed by atoms with Gasteiger partial charge in [0, 0.05) is 23.8 Å². The van der Waals surface area contributed by atoms with E-state index in [2.05, 4.69) is 4.72 Å². The number of aliphatic hydroxyl groups is 1. The number of hydrogen-bond donors (Lipinski definition) is 2. The fourth-order valence-electron chi connectivity index (χ4n) is 1.98. The first kappa shape index (κ1) is 17.7. The second-order valence-corrected chi connectivity index (χ2v) is 7.32. The van der Waals surface area contributed by atoms with Gasteiger partial charge in [0.2, 0.25) is 10.0 Å². The van der Waals surface area contributed by atoms with Gasteiger partial charge >= 0.3 is 0 Å². The lowest BCUT2D eigenvalue weighted by Gasteiger charge is -2.13. The topological polar surface area (TPSA) is 88.4 Å². The Morgan fingerprint density at radius 1 is 1.17 bits per heavy atom. The van der Waals surface area contributed by atoms with Crippen LogP contribution in [0, 0.1) is 0 Å². The van der Waals surface area contributed by atoms with Gasteiger partial charge in [0.1, 0.15) is 0 Å². The lowest BCUT2D eigenvalue weighted by molar-refractivity contribution is 0.156. The molecule has 1 atom stereocenters. The molecule has 23 heavy (non-hydrogen) atoms. The minimum absolute atomic E-state index is 0.0170. The largest absolute Gasteiger partial charge is 0.390 e. The maximum Gasteiger partial charge on any atom is 0.250 e. The summed E-state index contributed by atoms with van der Waals surface area (Å²) in [6.07, 6.45) is 0.531. The predicted octanol–water partition coefficient (Wildman–Crippen LogP) is 0.982. The van der Waals surface area contributed by atoms with Crippen LogP contribution >= 0.6 is 11.6 Å². The molecule has 1 unspecified atom stereocenters. The van der Waals surface area contributed by atoms with Crippen LogP contribution in [0.25, 0.3) is 0 Å². The smallest absolute Gasteiger partial charge is 0.250 e. The van der Waals surface area contributed by atoms with Crippen molar-refractivity contribution in [2.75, 3.05) is 6.54 Å². The second kappa shape index (κ2) is 7.74. The number of halogens is 1. The van der Waals surface area contributed by atoms with Crippen LogP contribution in [0.4, 0.5) is 0 Å². The average molecular weight is 357 g/mol. The summed E-state index contributed by atoms with van der Waals surface area (Å²) in [4.78, 5) is 11.5. The molecule has 1 aromatic heterocycles. The summed E-state index contributed by atoms with van der Waals surface area (Å²) in [5.74, 6) is -0.206. The Labute approximate surface area is 139 Å². The van der Waals surface area contributed by atoms with Crippen molar-refractivity contribution in [3.63, 3.8) is 0 Å². The monoisotopic (exact) mass is 356 g/mol. The Bertz CT molecular complexity index is 803. The molecule has 0 aliphatic carbocycles. The maximum atomic E-state index is 12.0. The molecule has 0 bridgehead atoms. The van der Waals surface area contributed by atoms with Crippen LogP contribution < -0.4 is 10.3 Å². The zero-order chi connectivity index (χ0) is 16.9. The van der Waals surface area contributed by atoms with Crippen LogP contribution in [0.15, 0.2) is 53.5 Å². The van der Waals surface area contributed by atoms with Crippen LogP contribution in [-0.2, 0) is 22.3 Å². The molecule has 0 fully saturated rings. The zero-order valence-electron chi connectivity index (χ0n) is 12.2. The highest BCUT2D eigenvalue weighted by Gasteiger charge is 2.14. The van der Waals surface area contributed by atoms with E-state index in [0.717, 1.165) is 0 Å². The van der Waals surface area contributed by atoms with Gasteiger partial charge in [-0.25, -0.2) is 13.1 Å². The molecule has 0 amide bonds. The Morgan fingerprint density at radius 2 is 1.87 bits per heavy atom. The third kappa shape index (κ3) is 5.80. The van der Waals surface area contributed by atoms with E-state index in [1.807, 2.05) is 0 Å². The van der Waals surface area contributed by atoms with E-state index in [1.54, 1.807) is 36.4 Å². The molecule has 2 N–H and O–H groups in total. The van der Waals surface area contributed by atoms with Crippen LogP contribution in [0.2, 0.25) is 5.02 Å². The summed E-state index contributed by atoms with van der Waals surface area (Å²) in [7, 11) is -3.59. The van der Waals surface area contributed by atoms with E-state index in [0.29, 0.717) is 10.6 Å². The lowest BCUT2D eigenvalue weighted by atomic mass is 10.2. The Morgan fingerprint density at radius 3 is 2.52 bits per heavy atom. The van der Waals surface area contributed by atoms with Gasteiger partial charge < -0.3 is 9.67 Å². The lowest BCUT2D eigenvalue weighted by Crippen LogP contribution is -2.36. The SMILES string of the molecule is O=c1ccccn1CC(O)CNS(=O)(=O)Cc1ccc(Cl)cc1. The molecule has 2 rings (SSSR count). The number of benzene rings is 1. The normalized spacial score (nSPS) is 13.0. The maximum absolute atomic E-state index is 12.0. The van der Waals surface area contributed by atoms with E-state index in [4.69, 9.17) is 11.6 Å². The summed E-state index contributed by atoms with van der Waals surface area (Å²) < 4.78 is 27.6. The minimum Gasteiger partial charge on any atom is -0.390 e. The van der Waals surface area contributed by atoms with Crippen molar-refractivity contribution in [1.82, 2.24) is 9.29 Å². The van der Waals surface area contributed by atoms with Crippen molar-refractivity contribution in [2.45, 2.75) is 18.4 Å². The van der Waals surface area contributed by atoms with E-state index in [1.165, 1.54) is 16.8 Å². The number of rotatable bonds is 7. The quantitative estimate of drug-likeness (QED) is 0.774. The van der Waals surface area contributed by atoms with E-state index in [9.17, 15) is 18.3 Å². The van der Waals surface area contributed by atoms with Gasteiger partial charge in [-0.3, -0.25) is 4.79 Å². The minimum atomic E-state index is -3.59. The van der Waals surface area contributed by atoms with Crippen molar-refractivity contribution >= 4 is 21.6 Å². The highest BCUT2D eigenvalue weighted by atomic mass is 35.5. The second-order valence-electron chi connectivity index (χ2n) is 5.08. The highest BCUT2D eigenvalue weighted by Crippen LogP contribution is 2.11. The number of aliphatic hydroxyl groups excluding tert-OH is 1. The van der Waals surface area contributed by atoms with Gasteiger partial charge in [-0.15, -0.1) is 0 Å². The van der Waals surface area contributed by atoms with Gasteiger partial charge in [-0.2, -0.15) is 0 Å². The third-order valence-corrected chi connectivity index (χ3v) is 4.69. The summed E-state index contributed by atoms with van der Waals surface area (Å²) in [5.41, 5.74) is 0.339. The average Bonchev–Trinajstić information content (AvgIpc) is 2.50. The molecule has 2 aromatic rings. The molecule has 0 radical (unpaired) electrons. The highest BCUT2D eigenvalue weighted by molar-refractivity contribution is 7.88. The summed E-state index contributed by atoms with van der Waals surface area (Å²) >= 11 is 5.75. The number of nitrogens with one attached hydrogen (secondary N) is 1. The first-order valence-corrected chi connectivity index (χ1v) is 8.94. The van der Waals surface area contributed by atoms with Gasteiger partial charge in [-0.1, -0.05) is 29.8 Å². The Balaban J connectivity index is 1.90. The van der Waals surface area contributed by atoms with Gasteiger partial charge in [0.15, 0.2) is 0 Å². The standard InChI is InChI=1S/C15H17ClN2O4S/c16-13-6-4-12(5-7-13)11-23(21,22)17-9-14(19)10-18-8-2-1-3-15(18)20/h1-8,14,17,19H,9-11H2. The van der Waals surface area contributed by atoms with E-state index < -0.39 is 16.1 Å². The molecule has 0 aliphatic heterocycles. The molecule has 0 saturated carbocycles. The fraction of sp³-hybridized carbons (Fsp3) is 0.267. The molecule has 0 saturated heterocycles. The third-order valence-electron chi connectivity index (χ3n) is 3.12. The fourth-order valence-corrected chi connectivity index (χ4v) is 3.28. The van der Waals surface area contributed by atoms with Gasteiger partial charge in [-0.05, 0) is 23.8 Å². The Hall–Kier alpha value is -1.67. The van der Waals surface area contributed by atoms with E-state index in [-0.39, 0.29) is 24.4 Å². The summed E-state index contributed by atoms with van der Waals surface area (Å²) in [5, 5.41) is 10.4. The number of hydrogen-bond acceptors (Lipinski definition) is 4. The molecule has 0 spiro atoms. The number of sulfonamides is 1. The number of aromatic nitrogens is 1. The van der Waals surface area contributed by atoms with Crippen molar-refractivity contribution in [3.05, 3.63) is 69.6 Å². The van der Waals surface area contributed by atoms with Crippen molar-refractivity contribution < 1.29 is 13.5 Å². The van der Waals surface area contributed by atoms with E-state index >= 15 is 0 Å². The van der Waals surface area contributed by atoms with Crippen LogP contribution in [0.3, 0.4) is 0 Å². The molecular weight excluding hydrogens is 340 g/mol. The first-order chi connectivity index (χ1) is 10.9. The summed E-state index contributed by atoms with van der Waals surface area (Å²) in [6.45, 7) is -0.152. The van der Waals surface area contributed by atoms with Gasteiger partial charge in [0.25, 0.3) is 5.56 Å². The predicted molar refractivity (Wildman–Crippen MR) is 88.8 cm³/mol. The van der Waals surface area contributed by atoms with Crippen LogP contribution in [0.5, 0.6) is 0 Å². The zero-order valence-corrected chi connectivity index (χ0v) is 13.8.